The molecule has 2 nitrogen and oxygen atoms in total. The minimum absolute atomic E-state index is 0.185. The van der Waals surface area contributed by atoms with E-state index in [9.17, 15) is 0 Å². The molecule has 3 unspecified atom stereocenters. The Morgan fingerprint density at radius 2 is 1.49 bits per heavy atom. The van der Waals surface area contributed by atoms with Gasteiger partial charge < -0.3 is 9.64 Å². The minimum Gasteiger partial charge on any atom is -0.482 e. The first-order chi connectivity index (χ1) is 20.9. The molecule has 4 aromatic rings. The first-order valence-electron chi connectivity index (χ1n) is 15.5. The van der Waals surface area contributed by atoms with Crippen molar-refractivity contribution in [2.24, 2.45) is 5.92 Å². The van der Waals surface area contributed by atoms with E-state index in [2.05, 4.69) is 160 Å². The summed E-state index contributed by atoms with van der Waals surface area (Å²) in [7, 11) is 0. The second kappa shape index (κ2) is 9.47. The molecular weight excluding hydrogens is 522 g/mol. The van der Waals surface area contributed by atoms with Crippen LogP contribution in [0.4, 0.5) is 11.4 Å². The zero-order valence-electron chi connectivity index (χ0n) is 25.3. The van der Waals surface area contributed by atoms with Crippen molar-refractivity contribution < 1.29 is 4.74 Å². The highest BCUT2D eigenvalue weighted by atomic mass is 16.5. The number of hydrogen-bond donors (Lipinski definition) is 0. The van der Waals surface area contributed by atoms with Crippen molar-refractivity contribution in [2.45, 2.75) is 51.0 Å². The van der Waals surface area contributed by atoms with Gasteiger partial charge in [0.15, 0.2) is 0 Å². The van der Waals surface area contributed by atoms with Gasteiger partial charge >= 0.3 is 0 Å². The predicted molar refractivity (Wildman–Crippen MR) is 179 cm³/mol. The Bertz CT molecular complexity index is 1870. The molecule has 0 N–H and O–H groups in total. The molecule has 43 heavy (non-hydrogen) atoms. The minimum atomic E-state index is -0.435. The maximum Gasteiger partial charge on any atom is 0.139 e. The first-order valence-corrected chi connectivity index (χ1v) is 15.5. The molecule has 3 atom stereocenters. The molecule has 0 fully saturated rings. The van der Waals surface area contributed by atoms with E-state index in [-0.39, 0.29) is 11.3 Å². The normalized spacial score (nSPS) is 24.3. The van der Waals surface area contributed by atoms with Gasteiger partial charge in [-0.25, -0.2) is 0 Å². The van der Waals surface area contributed by atoms with Crippen molar-refractivity contribution in [2.75, 3.05) is 4.90 Å². The molecule has 1 heterocycles. The van der Waals surface area contributed by atoms with E-state index in [0.29, 0.717) is 5.92 Å². The Balaban J connectivity index is 1.32. The van der Waals surface area contributed by atoms with E-state index in [0.717, 1.165) is 12.2 Å². The van der Waals surface area contributed by atoms with Gasteiger partial charge in [-0.05, 0) is 71.5 Å². The van der Waals surface area contributed by atoms with E-state index >= 15 is 0 Å². The molecule has 2 heteroatoms. The highest BCUT2D eigenvalue weighted by Crippen LogP contribution is 2.62. The van der Waals surface area contributed by atoms with Crippen molar-refractivity contribution in [3.8, 4) is 5.75 Å². The average molecular weight is 560 g/mol. The number of ether oxygens (including phenoxy) is 1. The molecule has 212 valence electrons. The van der Waals surface area contributed by atoms with Crippen molar-refractivity contribution in [1.29, 1.82) is 0 Å². The average Bonchev–Trinajstić information content (AvgIpc) is 3.47. The number of fused-ring (bicyclic) bond motifs is 6. The number of benzene rings is 4. The van der Waals surface area contributed by atoms with Crippen molar-refractivity contribution in [3.63, 3.8) is 0 Å². The molecule has 0 aromatic heterocycles. The molecule has 4 aromatic carbocycles. The zero-order valence-corrected chi connectivity index (χ0v) is 25.3. The third-order valence-corrected chi connectivity index (χ3v) is 10.1. The summed E-state index contributed by atoms with van der Waals surface area (Å²) in [6.07, 6.45) is 10.5. The van der Waals surface area contributed by atoms with Crippen LogP contribution in [0.15, 0.2) is 139 Å². The Hall–Kier alpha value is -4.56. The predicted octanol–water partition coefficient (Wildman–Crippen LogP) is 10.4. The molecule has 1 aliphatic heterocycles. The van der Waals surface area contributed by atoms with Gasteiger partial charge in [-0.15, -0.1) is 0 Å². The van der Waals surface area contributed by atoms with Crippen LogP contribution in [-0.4, -0.2) is 5.60 Å². The Morgan fingerprint density at radius 3 is 2.26 bits per heavy atom. The molecule has 3 aliphatic carbocycles. The summed E-state index contributed by atoms with van der Waals surface area (Å²) in [4.78, 5) is 2.51. The monoisotopic (exact) mass is 559 g/mol. The van der Waals surface area contributed by atoms with Crippen LogP contribution in [0.25, 0.3) is 11.1 Å². The van der Waals surface area contributed by atoms with Gasteiger partial charge in [-0.2, -0.15) is 0 Å². The Morgan fingerprint density at radius 1 is 0.767 bits per heavy atom. The summed E-state index contributed by atoms with van der Waals surface area (Å²) in [5.41, 5.74) is 12.5. The highest BCUT2D eigenvalue weighted by Gasteiger charge is 2.56. The van der Waals surface area contributed by atoms with Gasteiger partial charge in [0.05, 0.1) is 5.69 Å². The second-order valence-corrected chi connectivity index (χ2v) is 13.1. The molecule has 4 aliphatic rings. The number of rotatable bonds is 4. The molecule has 0 spiro atoms. The van der Waals surface area contributed by atoms with Crippen LogP contribution < -0.4 is 9.64 Å². The van der Waals surface area contributed by atoms with Gasteiger partial charge in [-0.3, -0.25) is 0 Å². The molecule has 0 saturated carbocycles. The summed E-state index contributed by atoms with van der Waals surface area (Å²) in [5, 5.41) is 0. The zero-order chi connectivity index (χ0) is 29.3. The lowest BCUT2D eigenvalue weighted by atomic mass is 9.67. The topological polar surface area (TPSA) is 12.5 Å². The van der Waals surface area contributed by atoms with Crippen molar-refractivity contribution >= 4 is 22.5 Å². The second-order valence-electron chi connectivity index (χ2n) is 13.1. The number of allylic oxidation sites excluding steroid dienone is 6. The summed E-state index contributed by atoms with van der Waals surface area (Å²) in [6, 6.07) is 37.1. The van der Waals surface area contributed by atoms with Crippen LogP contribution in [0.3, 0.4) is 0 Å². The van der Waals surface area contributed by atoms with Crippen LogP contribution in [0.2, 0.25) is 0 Å². The van der Waals surface area contributed by atoms with E-state index in [1.54, 1.807) is 0 Å². The van der Waals surface area contributed by atoms with Crippen molar-refractivity contribution in [1.82, 2.24) is 0 Å². The smallest absolute Gasteiger partial charge is 0.139 e. The maximum absolute atomic E-state index is 6.91. The van der Waals surface area contributed by atoms with Crippen LogP contribution in [0.1, 0.15) is 62.3 Å². The quantitative estimate of drug-likeness (QED) is 0.247. The van der Waals surface area contributed by atoms with Crippen LogP contribution in [-0.2, 0) is 5.41 Å². The molecule has 0 bridgehead atoms. The Labute approximate surface area is 255 Å². The summed E-state index contributed by atoms with van der Waals surface area (Å²) in [6.45, 7) is 9.44. The number of anilines is 2. The fourth-order valence-electron chi connectivity index (χ4n) is 8.30. The van der Waals surface area contributed by atoms with Crippen LogP contribution in [0.5, 0.6) is 5.75 Å². The Kier molecular flexibility index (Phi) is 5.75. The lowest BCUT2D eigenvalue weighted by Gasteiger charge is -2.40. The van der Waals surface area contributed by atoms with E-state index in [1.807, 2.05) is 0 Å². The largest absolute Gasteiger partial charge is 0.482 e. The molecular formula is C41H37NO. The van der Waals surface area contributed by atoms with E-state index < -0.39 is 5.60 Å². The van der Waals surface area contributed by atoms with E-state index in [4.69, 9.17) is 4.74 Å². The third kappa shape index (κ3) is 3.79. The maximum atomic E-state index is 6.91. The molecule has 0 amide bonds. The van der Waals surface area contributed by atoms with Gasteiger partial charge in [0.25, 0.3) is 0 Å². The van der Waals surface area contributed by atoms with Crippen LogP contribution >= 0.6 is 0 Å². The fourth-order valence-corrected chi connectivity index (χ4v) is 8.30. The first kappa shape index (κ1) is 26.1. The van der Waals surface area contributed by atoms with Crippen molar-refractivity contribution in [3.05, 3.63) is 161 Å². The number of nitrogens with zero attached hydrogens (tertiary/aromatic N) is 1. The third-order valence-electron chi connectivity index (χ3n) is 10.1. The van der Waals surface area contributed by atoms with Gasteiger partial charge in [-0.1, -0.05) is 118 Å². The lowest BCUT2D eigenvalue weighted by Crippen LogP contribution is -2.43. The van der Waals surface area contributed by atoms with E-state index in [1.165, 1.54) is 56.0 Å². The van der Waals surface area contributed by atoms with Gasteiger partial charge in [0.1, 0.15) is 11.4 Å². The standard InChI is InChI=1S/C41H37NO/c1-27-26-29(28-14-7-5-8-15-28)22-25-35(27)42(30-16-9-6-10-17-30)36-20-13-19-34-38(36)32-23-24-33-31-18-11-12-21-37(31)43-41(33,4)39(32)40(34,2)3/h5-25,27,33H,26H2,1-4H3. The SMILES string of the molecule is CC1CC(c2ccccc2)=CC=C1N(c1ccccc1)c1cccc2c1C1=C(C2(C)C)C2(C)Oc3ccccc3C2C=C1. The van der Waals surface area contributed by atoms with Crippen LogP contribution in [0, 0.1) is 5.92 Å². The molecule has 0 radical (unpaired) electrons. The lowest BCUT2D eigenvalue weighted by molar-refractivity contribution is 0.128. The van der Waals surface area contributed by atoms with Gasteiger partial charge in [0.2, 0.25) is 0 Å². The summed E-state index contributed by atoms with van der Waals surface area (Å²) >= 11 is 0. The molecule has 0 saturated heterocycles. The summed E-state index contributed by atoms with van der Waals surface area (Å²) in [5.74, 6) is 1.55. The fraction of sp³-hybridized carbons (Fsp3) is 0.220. The highest BCUT2D eigenvalue weighted by molar-refractivity contribution is 5.96. The number of para-hydroxylation sites is 2. The summed E-state index contributed by atoms with van der Waals surface area (Å²) < 4.78 is 6.91. The molecule has 8 rings (SSSR count). The number of hydrogen-bond acceptors (Lipinski definition) is 2. The van der Waals surface area contributed by atoms with Gasteiger partial charge in [0, 0.05) is 39.8 Å².